The number of ether oxygens (including phenoxy) is 1. The first-order chi connectivity index (χ1) is 13.2. The Balaban J connectivity index is 1.39. The zero-order valence-electron chi connectivity index (χ0n) is 14.2. The van der Waals surface area contributed by atoms with Gasteiger partial charge in [-0.3, -0.25) is 4.79 Å². The van der Waals surface area contributed by atoms with Gasteiger partial charge in [-0.05, 0) is 63.1 Å². The lowest BCUT2D eigenvalue weighted by Gasteiger charge is -2.06. The third-order valence-corrected chi connectivity index (χ3v) is 4.43. The number of carbonyl (C=O) groups excluding carboxylic acids is 1. The van der Waals surface area contributed by atoms with E-state index in [9.17, 15) is 4.79 Å². The third-order valence-electron chi connectivity index (χ3n) is 3.96. The van der Waals surface area contributed by atoms with Crippen LogP contribution in [0.3, 0.4) is 0 Å². The highest BCUT2D eigenvalue weighted by molar-refractivity contribution is 9.10. The Labute approximate surface area is 164 Å². The summed E-state index contributed by atoms with van der Waals surface area (Å²) in [4.78, 5) is 16.3. The molecule has 0 spiro atoms. The number of carbonyl (C=O) groups is 1. The van der Waals surface area contributed by atoms with E-state index in [1.807, 2.05) is 36.4 Å². The first-order valence-corrected chi connectivity index (χ1v) is 9.10. The lowest BCUT2D eigenvalue weighted by molar-refractivity contribution is 0.0992. The number of furan rings is 1. The molecule has 2 aromatic heterocycles. The van der Waals surface area contributed by atoms with Gasteiger partial charge in [-0.25, -0.2) is 4.98 Å². The zero-order chi connectivity index (χ0) is 18.6. The van der Waals surface area contributed by atoms with Crippen LogP contribution in [0, 0.1) is 0 Å². The molecule has 2 aromatic carbocycles. The minimum Gasteiger partial charge on any atom is -0.486 e. The fourth-order valence-electron chi connectivity index (χ4n) is 2.62. The second-order valence-electron chi connectivity index (χ2n) is 5.88. The van der Waals surface area contributed by atoms with E-state index in [2.05, 4.69) is 32.3 Å². The molecule has 4 rings (SSSR count). The molecule has 6 heteroatoms. The first kappa shape index (κ1) is 17.3. The number of rotatable bonds is 5. The van der Waals surface area contributed by atoms with Crippen molar-refractivity contribution in [1.82, 2.24) is 4.98 Å². The van der Waals surface area contributed by atoms with Crippen LogP contribution >= 0.6 is 15.9 Å². The molecule has 0 fully saturated rings. The lowest BCUT2D eigenvalue weighted by atomic mass is 10.1. The van der Waals surface area contributed by atoms with Gasteiger partial charge in [-0.1, -0.05) is 30.3 Å². The van der Waals surface area contributed by atoms with Crippen LogP contribution < -0.4 is 10.1 Å². The van der Waals surface area contributed by atoms with Gasteiger partial charge in [0, 0.05) is 10.7 Å². The predicted molar refractivity (Wildman–Crippen MR) is 107 cm³/mol. The molecule has 0 unspecified atom stereocenters. The largest absolute Gasteiger partial charge is 0.486 e. The lowest BCUT2D eigenvalue weighted by Crippen LogP contribution is -2.11. The Morgan fingerprint density at radius 3 is 2.70 bits per heavy atom. The number of halogens is 1. The number of fused-ring (bicyclic) bond motifs is 1. The van der Waals surface area contributed by atoms with Gasteiger partial charge in [0.05, 0.1) is 0 Å². The Morgan fingerprint density at radius 2 is 1.89 bits per heavy atom. The minimum absolute atomic E-state index is 0.205. The number of anilines is 1. The molecule has 134 valence electrons. The fourth-order valence-corrected chi connectivity index (χ4v) is 2.85. The smallest absolute Gasteiger partial charge is 0.292 e. The first-order valence-electron chi connectivity index (χ1n) is 8.30. The van der Waals surface area contributed by atoms with Gasteiger partial charge >= 0.3 is 0 Å². The number of amides is 1. The van der Waals surface area contributed by atoms with E-state index in [1.54, 1.807) is 30.5 Å². The van der Waals surface area contributed by atoms with Crippen LogP contribution in [0.1, 0.15) is 16.3 Å². The van der Waals surface area contributed by atoms with Crippen molar-refractivity contribution in [2.45, 2.75) is 6.61 Å². The van der Waals surface area contributed by atoms with Gasteiger partial charge in [0.25, 0.3) is 5.91 Å². The summed E-state index contributed by atoms with van der Waals surface area (Å²) >= 11 is 3.30. The van der Waals surface area contributed by atoms with E-state index < -0.39 is 0 Å². The molecule has 1 N–H and O–H groups in total. The highest BCUT2D eigenvalue weighted by Crippen LogP contribution is 2.22. The molecule has 27 heavy (non-hydrogen) atoms. The number of benzene rings is 2. The van der Waals surface area contributed by atoms with Crippen LogP contribution in [-0.4, -0.2) is 10.9 Å². The van der Waals surface area contributed by atoms with Crippen molar-refractivity contribution in [3.63, 3.8) is 0 Å². The Kier molecular flexibility index (Phi) is 4.89. The Hall–Kier alpha value is -3.12. The molecular weight excluding hydrogens is 408 g/mol. The van der Waals surface area contributed by atoms with E-state index >= 15 is 0 Å². The van der Waals surface area contributed by atoms with Crippen LogP contribution in [0.4, 0.5) is 5.82 Å². The third kappa shape index (κ3) is 4.17. The number of hydrogen-bond acceptors (Lipinski definition) is 4. The van der Waals surface area contributed by atoms with E-state index in [-0.39, 0.29) is 18.3 Å². The van der Waals surface area contributed by atoms with Crippen molar-refractivity contribution in [2.24, 2.45) is 0 Å². The predicted octanol–water partition coefficient (Wildman–Crippen LogP) is 5.42. The van der Waals surface area contributed by atoms with E-state index in [0.29, 0.717) is 11.6 Å². The molecule has 0 aliphatic rings. The SMILES string of the molecule is O=C(Nc1ccc(Br)cn1)c1ccc(COc2ccc3ccccc3c2)o1. The molecule has 5 nitrogen and oxygen atoms in total. The van der Waals surface area contributed by atoms with Crippen molar-refractivity contribution >= 4 is 38.4 Å². The quantitative estimate of drug-likeness (QED) is 0.466. The van der Waals surface area contributed by atoms with Gasteiger partial charge in [0.15, 0.2) is 5.76 Å². The Bertz CT molecular complexity index is 1090. The van der Waals surface area contributed by atoms with Crippen LogP contribution in [0.5, 0.6) is 5.75 Å². The average Bonchev–Trinajstić information content (AvgIpc) is 3.17. The average molecular weight is 423 g/mol. The number of pyridine rings is 1. The van der Waals surface area contributed by atoms with Gasteiger partial charge in [0.2, 0.25) is 0 Å². The van der Waals surface area contributed by atoms with Gasteiger partial charge in [-0.2, -0.15) is 0 Å². The second kappa shape index (κ2) is 7.63. The molecule has 0 radical (unpaired) electrons. The minimum atomic E-state index is -0.359. The highest BCUT2D eigenvalue weighted by Gasteiger charge is 2.12. The standard InChI is InChI=1S/C21H15BrN2O3/c22-16-6-10-20(23-12-16)24-21(25)19-9-8-18(27-19)13-26-17-7-5-14-3-1-2-4-15(14)11-17/h1-12H,13H2,(H,23,24,25). The zero-order valence-corrected chi connectivity index (χ0v) is 15.8. The molecule has 0 saturated carbocycles. The molecule has 0 aliphatic carbocycles. The van der Waals surface area contributed by atoms with E-state index in [0.717, 1.165) is 21.0 Å². The molecule has 1 amide bonds. The van der Waals surface area contributed by atoms with Crippen molar-refractivity contribution < 1.29 is 13.9 Å². The number of aromatic nitrogens is 1. The summed E-state index contributed by atoms with van der Waals surface area (Å²) in [5, 5.41) is 4.95. The molecule has 0 atom stereocenters. The molecule has 0 bridgehead atoms. The molecule has 0 aliphatic heterocycles. The van der Waals surface area contributed by atoms with E-state index in [1.165, 1.54) is 0 Å². The van der Waals surface area contributed by atoms with Crippen molar-refractivity contribution in [1.29, 1.82) is 0 Å². The topological polar surface area (TPSA) is 64.4 Å². The summed E-state index contributed by atoms with van der Waals surface area (Å²) in [6, 6.07) is 20.8. The van der Waals surface area contributed by atoms with Crippen molar-refractivity contribution in [3.05, 3.63) is 88.9 Å². The van der Waals surface area contributed by atoms with Gasteiger partial charge < -0.3 is 14.5 Å². The summed E-state index contributed by atoms with van der Waals surface area (Å²) in [6.45, 7) is 0.238. The molecular formula is C21H15BrN2O3. The maximum atomic E-state index is 12.2. The number of nitrogens with zero attached hydrogens (tertiary/aromatic N) is 1. The van der Waals surface area contributed by atoms with Crippen LogP contribution in [-0.2, 0) is 6.61 Å². The molecule has 2 heterocycles. The van der Waals surface area contributed by atoms with Gasteiger partial charge in [0.1, 0.15) is 23.9 Å². The summed E-state index contributed by atoms with van der Waals surface area (Å²) in [5.41, 5.74) is 0. The summed E-state index contributed by atoms with van der Waals surface area (Å²) in [5.74, 6) is 1.61. The number of hydrogen-bond donors (Lipinski definition) is 1. The van der Waals surface area contributed by atoms with Crippen LogP contribution in [0.25, 0.3) is 10.8 Å². The maximum absolute atomic E-state index is 12.2. The summed E-state index contributed by atoms with van der Waals surface area (Å²) in [7, 11) is 0. The van der Waals surface area contributed by atoms with Crippen molar-refractivity contribution in [2.75, 3.05) is 5.32 Å². The second-order valence-corrected chi connectivity index (χ2v) is 6.80. The van der Waals surface area contributed by atoms with Crippen LogP contribution in [0.2, 0.25) is 0 Å². The normalized spacial score (nSPS) is 10.7. The van der Waals surface area contributed by atoms with E-state index in [4.69, 9.17) is 9.15 Å². The molecule has 4 aromatic rings. The van der Waals surface area contributed by atoms with Gasteiger partial charge in [-0.15, -0.1) is 0 Å². The van der Waals surface area contributed by atoms with Crippen molar-refractivity contribution in [3.8, 4) is 5.75 Å². The van der Waals surface area contributed by atoms with Crippen LogP contribution in [0.15, 0.2) is 81.8 Å². The monoisotopic (exact) mass is 422 g/mol. The number of nitrogens with one attached hydrogen (secondary N) is 1. The maximum Gasteiger partial charge on any atom is 0.292 e. The molecule has 0 saturated heterocycles. The summed E-state index contributed by atoms with van der Waals surface area (Å²) < 4.78 is 12.2. The Morgan fingerprint density at radius 1 is 1.04 bits per heavy atom. The summed E-state index contributed by atoms with van der Waals surface area (Å²) in [6.07, 6.45) is 1.61. The fraction of sp³-hybridized carbons (Fsp3) is 0.0476. The highest BCUT2D eigenvalue weighted by atomic mass is 79.9.